The first kappa shape index (κ1) is 15.2. The standard InChI is InChI=1S/C14H20ClN3O2/c1-20-10-9-17-5-2-6-18(8-7-17)14(19)12-11-16-4-3-13(12)15/h3-4,11H,2,5-10H2,1H3. The molecule has 0 unspecified atom stereocenters. The predicted octanol–water partition coefficient (Wildman–Crippen LogP) is 1.53. The van der Waals surface area contributed by atoms with Crippen molar-refractivity contribution in [3.63, 3.8) is 0 Å². The Morgan fingerprint density at radius 2 is 2.25 bits per heavy atom. The number of methoxy groups -OCH3 is 1. The number of rotatable bonds is 4. The Balaban J connectivity index is 1.96. The zero-order chi connectivity index (χ0) is 14.4. The maximum absolute atomic E-state index is 12.5. The van der Waals surface area contributed by atoms with E-state index in [0.717, 1.165) is 39.2 Å². The van der Waals surface area contributed by atoms with Crippen molar-refractivity contribution in [2.45, 2.75) is 6.42 Å². The summed E-state index contributed by atoms with van der Waals surface area (Å²) in [5.74, 6) is -0.0308. The van der Waals surface area contributed by atoms with Gasteiger partial charge in [0.15, 0.2) is 0 Å². The third kappa shape index (κ3) is 3.91. The molecule has 0 bridgehead atoms. The molecular formula is C14H20ClN3O2. The van der Waals surface area contributed by atoms with E-state index in [2.05, 4.69) is 9.88 Å². The lowest BCUT2D eigenvalue weighted by molar-refractivity contribution is 0.0759. The number of pyridine rings is 1. The van der Waals surface area contributed by atoms with Crippen molar-refractivity contribution in [3.05, 3.63) is 29.0 Å². The number of amides is 1. The highest BCUT2D eigenvalue weighted by molar-refractivity contribution is 6.33. The minimum atomic E-state index is -0.0308. The Labute approximate surface area is 124 Å². The zero-order valence-corrected chi connectivity index (χ0v) is 12.5. The normalized spacial score (nSPS) is 17.0. The minimum absolute atomic E-state index is 0.0308. The Bertz CT molecular complexity index is 456. The highest BCUT2D eigenvalue weighted by Crippen LogP contribution is 2.17. The largest absolute Gasteiger partial charge is 0.383 e. The number of ether oxygens (including phenoxy) is 1. The zero-order valence-electron chi connectivity index (χ0n) is 11.7. The molecule has 1 saturated heterocycles. The summed E-state index contributed by atoms with van der Waals surface area (Å²) < 4.78 is 5.10. The summed E-state index contributed by atoms with van der Waals surface area (Å²) >= 11 is 6.06. The van der Waals surface area contributed by atoms with Gasteiger partial charge in [-0.1, -0.05) is 11.6 Å². The molecule has 0 aromatic carbocycles. The van der Waals surface area contributed by atoms with Crippen molar-refractivity contribution in [2.24, 2.45) is 0 Å². The Kier molecular flexibility index (Phi) is 5.76. The van der Waals surface area contributed by atoms with Gasteiger partial charge in [-0.3, -0.25) is 14.7 Å². The number of hydrogen-bond acceptors (Lipinski definition) is 4. The summed E-state index contributed by atoms with van der Waals surface area (Å²) in [7, 11) is 1.71. The first-order chi connectivity index (χ1) is 9.72. The molecule has 0 saturated carbocycles. The quantitative estimate of drug-likeness (QED) is 0.845. The number of nitrogens with zero attached hydrogens (tertiary/aromatic N) is 3. The van der Waals surface area contributed by atoms with Crippen LogP contribution in [0.5, 0.6) is 0 Å². The first-order valence-electron chi connectivity index (χ1n) is 6.82. The van der Waals surface area contributed by atoms with Crippen molar-refractivity contribution in [3.8, 4) is 0 Å². The molecule has 6 heteroatoms. The molecular weight excluding hydrogens is 278 g/mol. The first-order valence-corrected chi connectivity index (χ1v) is 7.20. The van der Waals surface area contributed by atoms with Crippen molar-refractivity contribution in [1.29, 1.82) is 0 Å². The summed E-state index contributed by atoms with van der Waals surface area (Å²) in [6.45, 7) is 4.97. The van der Waals surface area contributed by atoms with Crippen LogP contribution in [0.2, 0.25) is 5.02 Å². The van der Waals surface area contributed by atoms with E-state index in [1.807, 2.05) is 4.90 Å². The highest BCUT2D eigenvalue weighted by Gasteiger charge is 2.21. The lowest BCUT2D eigenvalue weighted by Crippen LogP contribution is -2.36. The molecule has 0 radical (unpaired) electrons. The molecule has 1 aromatic rings. The lowest BCUT2D eigenvalue weighted by atomic mass is 10.2. The number of carbonyl (C=O) groups is 1. The fourth-order valence-electron chi connectivity index (χ4n) is 2.32. The van der Waals surface area contributed by atoms with E-state index in [1.165, 1.54) is 6.20 Å². The molecule has 1 aromatic heterocycles. The Morgan fingerprint density at radius 1 is 1.40 bits per heavy atom. The molecule has 20 heavy (non-hydrogen) atoms. The van der Waals surface area contributed by atoms with Crippen LogP contribution in [0.3, 0.4) is 0 Å². The van der Waals surface area contributed by atoms with Crippen LogP contribution in [0.4, 0.5) is 0 Å². The summed E-state index contributed by atoms with van der Waals surface area (Å²) in [4.78, 5) is 20.6. The molecule has 0 aliphatic carbocycles. The van der Waals surface area contributed by atoms with E-state index in [4.69, 9.17) is 16.3 Å². The van der Waals surface area contributed by atoms with Crippen LogP contribution in [0.1, 0.15) is 16.8 Å². The number of halogens is 1. The number of carbonyl (C=O) groups excluding carboxylic acids is 1. The molecule has 1 aliphatic heterocycles. The van der Waals surface area contributed by atoms with Crippen LogP contribution in [0.15, 0.2) is 18.5 Å². The molecule has 1 aliphatic rings. The SMILES string of the molecule is COCCN1CCCN(C(=O)c2cnccc2Cl)CC1. The van der Waals surface area contributed by atoms with Gasteiger partial charge in [0.2, 0.25) is 0 Å². The van der Waals surface area contributed by atoms with Crippen LogP contribution < -0.4 is 0 Å². The summed E-state index contributed by atoms with van der Waals surface area (Å²) in [5, 5.41) is 0.463. The Hall–Kier alpha value is -1.17. The number of aromatic nitrogens is 1. The average molecular weight is 298 g/mol. The van der Waals surface area contributed by atoms with Crippen molar-refractivity contribution >= 4 is 17.5 Å². The predicted molar refractivity (Wildman–Crippen MR) is 78.1 cm³/mol. The van der Waals surface area contributed by atoms with Crippen molar-refractivity contribution in [1.82, 2.24) is 14.8 Å². The maximum Gasteiger partial charge on any atom is 0.256 e. The van der Waals surface area contributed by atoms with Crippen LogP contribution in [-0.4, -0.2) is 67.1 Å². The van der Waals surface area contributed by atoms with Crippen LogP contribution in [0, 0.1) is 0 Å². The molecule has 1 fully saturated rings. The van der Waals surface area contributed by atoms with E-state index in [9.17, 15) is 4.79 Å². The molecule has 5 nitrogen and oxygen atoms in total. The van der Waals surface area contributed by atoms with Crippen LogP contribution in [-0.2, 0) is 4.74 Å². The second-order valence-corrected chi connectivity index (χ2v) is 5.24. The fraction of sp³-hybridized carbons (Fsp3) is 0.571. The van der Waals surface area contributed by atoms with Gasteiger partial charge in [0, 0.05) is 45.7 Å². The molecule has 0 atom stereocenters. The lowest BCUT2D eigenvalue weighted by Gasteiger charge is -2.22. The van der Waals surface area contributed by atoms with Gasteiger partial charge in [0.05, 0.1) is 17.2 Å². The van der Waals surface area contributed by atoms with Gasteiger partial charge in [0.1, 0.15) is 0 Å². The van der Waals surface area contributed by atoms with Crippen LogP contribution in [0.25, 0.3) is 0 Å². The van der Waals surface area contributed by atoms with Gasteiger partial charge >= 0.3 is 0 Å². The van der Waals surface area contributed by atoms with Gasteiger partial charge < -0.3 is 9.64 Å². The van der Waals surface area contributed by atoms with Gasteiger partial charge in [-0.05, 0) is 19.0 Å². The molecule has 0 spiro atoms. The second kappa shape index (κ2) is 7.57. The van der Waals surface area contributed by atoms with E-state index >= 15 is 0 Å². The van der Waals surface area contributed by atoms with Gasteiger partial charge in [-0.2, -0.15) is 0 Å². The van der Waals surface area contributed by atoms with Crippen molar-refractivity contribution < 1.29 is 9.53 Å². The van der Waals surface area contributed by atoms with Crippen LogP contribution >= 0.6 is 11.6 Å². The number of hydrogen-bond donors (Lipinski definition) is 0. The third-order valence-corrected chi connectivity index (χ3v) is 3.82. The molecule has 2 rings (SSSR count). The fourth-order valence-corrected chi connectivity index (χ4v) is 2.51. The van der Waals surface area contributed by atoms with Crippen molar-refractivity contribution in [2.75, 3.05) is 46.4 Å². The molecule has 0 N–H and O–H groups in total. The van der Waals surface area contributed by atoms with E-state index in [-0.39, 0.29) is 5.91 Å². The smallest absolute Gasteiger partial charge is 0.256 e. The minimum Gasteiger partial charge on any atom is -0.383 e. The monoisotopic (exact) mass is 297 g/mol. The molecule has 110 valence electrons. The Morgan fingerprint density at radius 3 is 3.00 bits per heavy atom. The van der Waals surface area contributed by atoms with E-state index in [1.54, 1.807) is 19.4 Å². The van der Waals surface area contributed by atoms with E-state index in [0.29, 0.717) is 17.1 Å². The molecule has 2 heterocycles. The van der Waals surface area contributed by atoms with Gasteiger partial charge in [0.25, 0.3) is 5.91 Å². The third-order valence-electron chi connectivity index (χ3n) is 3.49. The van der Waals surface area contributed by atoms with Gasteiger partial charge in [-0.25, -0.2) is 0 Å². The molecule has 1 amide bonds. The second-order valence-electron chi connectivity index (χ2n) is 4.84. The average Bonchev–Trinajstić information content (AvgIpc) is 2.70. The van der Waals surface area contributed by atoms with E-state index < -0.39 is 0 Å². The summed E-state index contributed by atoms with van der Waals surface area (Å²) in [6.07, 6.45) is 4.10. The van der Waals surface area contributed by atoms with Gasteiger partial charge in [-0.15, -0.1) is 0 Å². The highest BCUT2D eigenvalue weighted by atomic mass is 35.5. The summed E-state index contributed by atoms with van der Waals surface area (Å²) in [5.41, 5.74) is 0.486. The summed E-state index contributed by atoms with van der Waals surface area (Å²) in [6, 6.07) is 1.65. The maximum atomic E-state index is 12.5. The topological polar surface area (TPSA) is 45.7 Å².